The zero-order valence-corrected chi connectivity index (χ0v) is 12.2. The Hall–Kier alpha value is -1.71. The fourth-order valence-corrected chi connectivity index (χ4v) is 1.86. The lowest BCUT2D eigenvalue weighted by molar-refractivity contribution is -0.132. The van der Waals surface area contributed by atoms with E-state index in [1.54, 1.807) is 12.0 Å². The van der Waals surface area contributed by atoms with Gasteiger partial charge < -0.3 is 14.4 Å². The molecule has 0 aliphatic heterocycles. The number of carbonyl (C=O) groups excluding carboxylic acids is 1. The maximum Gasteiger partial charge on any atom is 0.260 e. The first-order valence-electron chi connectivity index (χ1n) is 6.73. The van der Waals surface area contributed by atoms with Crippen molar-refractivity contribution in [1.82, 2.24) is 4.90 Å². The van der Waals surface area contributed by atoms with Gasteiger partial charge in [-0.15, -0.1) is 0 Å². The highest BCUT2D eigenvalue weighted by Gasteiger charge is 2.12. The number of benzene rings is 1. The second-order valence-electron chi connectivity index (χ2n) is 4.19. The number of likely N-dealkylation sites (N-methyl/N-ethyl adjacent to an activating group) is 1. The molecule has 0 unspecified atom stereocenters. The van der Waals surface area contributed by atoms with Crippen molar-refractivity contribution in [3.05, 3.63) is 23.8 Å². The zero-order chi connectivity index (χ0) is 14.3. The standard InChI is InChI=1S/C15H23NO3/c1-5-12-8-9-13(14(10-12)18-4)19-11-15(17)16(6-2)7-3/h8-10H,5-7,11H2,1-4H3. The molecular weight excluding hydrogens is 242 g/mol. The van der Waals surface area contributed by atoms with Gasteiger partial charge in [0.05, 0.1) is 7.11 Å². The summed E-state index contributed by atoms with van der Waals surface area (Å²) in [6, 6.07) is 5.78. The first-order valence-corrected chi connectivity index (χ1v) is 6.73. The molecule has 0 atom stereocenters. The molecule has 0 spiro atoms. The summed E-state index contributed by atoms with van der Waals surface area (Å²) in [4.78, 5) is 13.6. The largest absolute Gasteiger partial charge is 0.493 e. The molecule has 0 aliphatic carbocycles. The van der Waals surface area contributed by atoms with Crippen molar-refractivity contribution in [2.75, 3.05) is 26.8 Å². The van der Waals surface area contributed by atoms with Crippen molar-refractivity contribution < 1.29 is 14.3 Å². The van der Waals surface area contributed by atoms with Crippen molar-refractivity contribution in [2.24, 2.45) is 0 Å². The van der Waals surface area contributed by atoms with Crippen LogP contribution in [-0.4, -0.2) is 37.6 Å². The van der Waals surface area contributed by atoms with E-state index in [-0.39, 0.29) is 12.5 Å². The van der Waals surface area contributed by atoms with Crippen LogP contribution in [0, 0.1) is 0 Å². The summed E-state index contributed by atoms with van der Waals surface area (Å²) in [5, 5.41) is 0. The molecule has 0 fully saturated rings. The van der Waals surface area contributed by atoms with Crippen LogP contribution in [0.25, 0.3) is 0 Å². The predicted molar refractivity (Wildman–Crippen MR) is 75.8 cm³/mol. The molecule has 1 aromatic carbocycles. The Morgan fingerprint density at radius 2 is 1.84 bits per heavy atom. The van der Waals surface area contributed by atoms with Gasteiger partial charge in [0.15, 0.2) is 18.1 Å². The smallest absolute Gasteiger partial charge is 0.260 e. The molecular formula is C15H23NO3. The lowest BCUT2D eigenvalue weighted by Crippen LogP contribution is -2.34. The number of nitrogens with zero attached hydrogens (tertiary/aromatic N) is 1. The Bertz CT molecular complexity index is 414. The van der Waals surface area contributed by atoms with E-state index in [0.717, 1.165) is 6.42 Å². The molecule has 0 bridgehead atoms. The molecule has 0 radical (unpaired) electrons. The van der Waals surface area contributed by atoms with E-state index in [1.165, 1.54) is 5.56 Å². The molecule has 1 aromatic rings. The van der Waals surface area contributed by atoms with Gasteiger partial charge in [0.25, 0.3) is 5.91 Å². The van der Waals surface area contributed by atoms with Gasteiger partial charge in [-0.1, -0.05) is 13.0 Å². The van der Waals surface area contributed by atoms with Gasteiger partial charge in [0, 0.05) is 13.1 Å². The van der Waals surface area contributed by atoms with Crippen molar-refractivity contribution in [2.45, 2.75) is 27.2 Å². The number of hydrogen-bond donors (Lipinski definition) is 0. The number of amides is 1. The second kappa shape index (κ2) is 7.67. The molecule has 0 saturated heterocycles. The lowest BCUT2D eigenvalue weighted by Gasteiger charge is -2.19. The van der Waals surface area contributed by atoms with Crippen LogP contribution in [0.1, 0.15) is 26.3 Å². The third-order valence-corrected chi connectivity index (χ3v) is 3.10. The number of carbonyl (C=O) groups is 1. The van der Waals surface area contributed by atoms with Crippen molar-refractivity contribution in [3.8, 4) is 11.5 Å². The maximum absolute atomic E-state index is 11.9. The van der Waals surface area contributed by atoms with Crippen LogP contribution in [0.5, 0.6) is 11.5 Å². The summed E-state index contributed by atoms with van der Waals surface area (Å²) < 4.78 is 10.8. The number of ether oxygens (including phenoxy) is 2. The normalized spacial score (nSPS) is 10.1. The molecule has 4 nitrogen and oxygen atoms in total. The minimum atomic E-state index is -0.00776. The van der Waals surface area contributed by atoms with Crippen LogP contribution in [0.4, 0.5) is 0 Å². The Morgan fingerprint density at radius 3 is 2.37 bits per heavy atom. The SMILES string of the molecule is CCc1ccc(OCC(=O)N(CC)CC)c(OC)c1. The molecule has 1 rings (SSSR count). The molecule has 0 aliphatic rings. The van der Waals surface area contributed by atoms with E-state index in [2.05, 4.69) is 6.92 Å². The summed E-state index contributed by atoms with van der Waals surface area (Å²) in [5.74, 6) is 1.28. The Kier molecular flexibility index (Phi) is 6.19. The highest BCUT2D eigenvalue weighted by Crippen LogP contribution is 2.28. The van der Waals surface area contributed by atoms with Crippen LogP contribution in [0.15, 0.2) is 18.2 Å². The van der Waals surface area contributed by atoms with Crippen LogP contribution in [0.2, 0.25) is 0 Å². The van der Waals surface area contributed by atoms with E-state index in [4.69, 9.17) is 9.47 Å². The van der Waals surface area contributed by atoms with Crippen LogP contribution < -0.4 is 9.47 Å². The minimum absolute atomic E-state index is 0.00776. The molecule has 0 N–H and O–H groups in total. The first-order chi connectivity index (χ1) is 9.15. The Morgan fingerprint density at radius 1 is 1.16 bits per heavy atom. The first kappa shape index (κ1) is 15.3. The molecule has 106 valence electrons. The van der Waals surface area contributed by atoms with Gasteiger partial charge in [0.1, 0.15) is 0 Å². The minimum Gasteiger partial charge on any atom is -0.493 e. The summed E-state index contributed by atoms with van der Waals surface area (Å²) in [7, 11) is 1.61. The number of hydrogen-bond acceptors (Lipinski definition) is 3. The maximum atomic E-state index is 11.9. The van der Waals surface area contributed by atoms with Gasteiger partial charge in [-0.25, -0.2) is 0 Å². The molecule has 1 amide bonds. The van der Waals surface area contributed by atoms with E-state index in [0.29, 0.717) is 24.6 Å². The van der Waals surface area contributed by atoms with Crippen molar-refractivity contribution in [3.63, 3.8) is 0 Å². The van der Waals surface area contributed by atoms with Gasteiger partial charge in [0.2, 0.25) is 0 Å². The Labute approximate surface area is 115 Å². The summed E-state index contributed by atoms with van der Waals surface area (Å²) >= 11 is 0. The van der Waals surface area contributed by atoms with Crippen LogP contribution in [0.3, 0.4) is 0 Å². The highest BCUT2D eigenvalue weighted by molar-refractivity contribution is 5.77. The van der Waals surface area contributed by atoms with Crippen LogP contribution >= 0.6 is 0 Å². The average Bonchev–Trinajstić information content (AvgIpc) is 2.46. The second-order valence-corrected chi connectivity index (χ2v) is 4.19. The monoisotopic (exact) mass is 265 g/mol. The number of rotatable bonds is 7. The van der Waals surface area contributed by atoms with Crippen molar-refractivity contribution in [1.29, 1.82) is 0 Å². The Balaban J connectivity index is 2.69. The zero-order valence-electron chi connectivity index (χ0n) is 12.2. The molecule has 0 aromatic heterocycles. The van der Waals surface area contributed by atoms with Gasteiger partial charge in [-0.05, 0) is 38.0 Å². The fraction of sp³-hybridized carbons (Fsp3) is 0.533. The fourth-order valence-electron chi connectivity index (χ4n) is 1.86. The van der Waals surface area contributed by atoms with E-state index < -0.39 is 0 Å². The summed E-state index contributed by atoms with van der Waals surface area (Å²) in [5.41, 5.74) is 1.18. The van der Waals surface area contributed by atoms with Gasteiger partial charge in [-0.3, -0.25) is 4.79 Å². The average molecular weight is 265 g/mol. The lowest BCUT2D eigenvalue weighted by atomic mass is 10.1. The van der Waals surface area contributed by atoms with Crippen molar-refractivity contribution >= 4 is 5.91 Å². The molecule has 19 heavy (non-hydrogen) atoms. The predicted octanol–water partition coefficient (Wildman–Crippen LogP) is 2.50. The summed E-state index contributed by atoms with van der Waals surface area (Å²) in [6.07, 6.45) is 0.940. The van der Waals surface area contributed by atoms with E-state index >= 15 is 0 Å². The van der Waals surface area contributed by atoms with Gasteiger partial charge >= 0.3 is 0 Å². The third-order valence-electron chi connectivity index (χ3n) is 3.10. The molecule has 0 heterocycles. The third kappa shape index (κ3) is 4.16. The summed E-state index contributed by atoms with van der Waals surface area (Å²) in [6.45, 7) is 7.44. The quantitative estimate of drug-likeness (QED) is 0.760. The molecule has 4 heteroatoms. The molecule has 0 saturated carbocycles. The van der Waals surface area contributed by atoms with Gasteiger partial charge in [-0.2, -0.15) is 0 Å². The number of methoxy groups -OCH3 is 1. The van der Waals surface area contributed by atoms with E-state index in [1.807, 2.05) is 32.0 Å². The van der Waals surface area contributed by atoms with Crippen LogP contribution in [-0.2, 0) is 11.2 Å². The van der Waals surface area contributed by atoms with E-state index in [9.17, 15) is 4.79 Å². The number of aryl methyl sites for hydroxylation is 1. The topological polar surface area (TPSA) is 38.8 Å². The highest BCUT2D eigenvalue weighted by atomic mass is 16.5.